The molecule has 1 N–H and O–H groups in total. The van der Waals surface area contributed by atoms with Crippen LogP contribution in [0.2, 0.25) is 0 Å². The van der Waals surface area contributed by atoms with E-state index < -0.39 is 11.7 Å². The topological polar surface area (TPSA) is 12.0 Å². The zero-order chi connectivity index (χ0) is 12.5. The normalized spacial score (nSPS) is 25.2. The van der Waals surface area contributed by atoms with Crippen molar-refractivity contribution in [3.05, 3.63) is 35.4 Å². The summed E-state index contributed by atoms with van der Waals surface area (Å²) < 4.78 is 37.2. The fourth-order valence-electron chi connectivity index (χ4n) is 2.37. The molecule has 0 radical (unpaired) electrons. The van der Waals surface area contributed by atoms with E-state index in [1.807, 2.05) is 0 Å². The van der Waals surface area contributed by atoms with Crippen LogP contribution in [0.15, 0.2) is 24.3 Å². The van der Waals surface area contributed by atoms with Gasteiger partial charge in [-0.05, 0) is 50.4 Å². The highest BCUT2D eigenvalue weighted by atomic mass is 19.4. The van der Waals surface area contributed by atoms with Crippen molar-refractivity contribution in [2.75, 3.05) is 6.54 Å². The Labute approximate surface area is 99.0 Å². The number of benzene rings is 1. The van der Waals surface area contributed by atoms with Crippen LogP contribution in [-0.4, -0.2) is 12.1 Å². The SMILES string of the molecule is CC1(Cc2ccc(C(F)(F)F)cc2)CCCN1. The first-order chi connectivity index (χ1) is 7.89. The zero-order valence-electron chi connectivity index (χ0n) is 9.77. The fourth-order valence-corrected chi connectivity index (χ4v) is 2.37. The molecule has 94 valence electrons. The summed E-state index contributed by atoms with van der Waals surface area (Å²) in [6.07, 6.45) is -1.25. The lowest BCUT2D eigenvalue weighted by Gasteiger charge is -2.24. The van der Waals surface area contributed by atoms with E-state index in [1.165, 1.54) is 0 Å². The molecular weight excluding hydrogens is 227 g/mol. The summed E-state index contributed by atoms with van der Waals surface area (Å²) in [5.41, 5.74) is 0.417. The van der Waals surface area contributed by atoms with E-state index in [0.717, 1.165) is 43.5 Å². The molecule has 1 fully saturated rings. The molecule has 4 heteroatoms. The van der Waals surface area contributed by atoms with Gasteiger partial charge in [-0.2, -0.15) is 13.2 Å². The van der Waals surface area contributed by atoms with Gasteiger partial charge in [-0.25, -0.2) is 0 Å². The van der Waals surface area contributed by atoms with Crippen LogP contribution in [0, 0.1) is 0 Å². The van der Waals surface area contributed by atoms with Gasteiger partial charge in [-0.3, -0.25) is 0 Å². The molecule has 0 aliphatic carbocycles. The quantitative estimate of drug-likeness (QED) is 0.839. The van der Waals surface area contributed by atoms with Crippen LogP contribution in [0.4, 0.5) is 13.2 Å². The van der Waals surface area contributed by atoms with Crippen molar-refractivity contribution < 1.29 is 13.2 Å². The largest absolute Gasteiger partial charge is 0.416 e. The predicted octanol–water partition coefficient (Wildman–Crippen LogP) is 3.39. The average Bonchev–Trinajstić information content (AvgIpc) is 2.64. The van der Waals surface area contributed by atoms with Gasteiger partial charge in [0.15, 0.2) is 0 Å². The molecule has 1 aromatic rings. The van der Waals surface area contributed by atoms with Crippen molar-refractivity contribution in [2.45, 2.75) is 37.9 Å². The van der Waals surface area contributed by atoms with Gasteiger partial charge in [0.05, 0.1) is 5.56 Å². The summed E-state index contributed by atoms with van der Waals surface area (Å²) in [5, 5.41) is 3.40. The number of halogens is 3. The van der Waals surface area contributed by atoms with Gasteiger partial charge < -0.3 is 5.32 Å². The maximum Gasteiger partial charge on any atom is 0.416 e. The van der Waals surface area contributed by atoms with Gasteiger partial charge in [0.25, 0.3) is 0 Å². The van der Waals surface area contributed by atoms with Crippen LogP contribution in [0.1, 0.15) is 30.9 Å². The number of rotatable bonds is 2. The number of hydrogen-bond donors (Lipinski definition) is 1. The number of alkyl halides is 3. The van der Waals surface area contributed by atoms with Gasteiger partial charge in [0.2, 0.25) is 0 Å². The van der Waals surface area contributed by atoms with E-state index >= 15 is 0 Å². The highest BCUT2D eigenvalue weighted by molar-refractivity contribution is 5.26. The second-order valence-corrected chi connectivity index (χ2v) is 4.96. The van der Waals surface area contributed by atoms with Crippen molar-refractivity contribution >= 4 is 0 Å². The minimum Gasteiger partial charge on any atom is -0.311 e. The van der Waals surface area contributed by atoms with Crippen LogP contribution in [0.3, 0.4) is 0 Å². The third-order valence-electron chi connectivity index (χ3n) is 3.33. The molecule has 0 spiro atoms. The summed E-state index contributed by atoms with van der Waals surface area (Å²) in [6.45, 7) is 3.12. The first kappa shape index (κ1) is 12.4. The van der Waals surface area contributed by atoms with Crippen LogP contribution in [-0.2, 0) is 12.6 Å². The van der Waals surface area contributed by atoms with Crippen molar-refractivity contribution in [3.8, 4) is 0 Å². The lowest BCUT2D eigenvalue weighted by molar-refractivity contribution is -0.137. The number of hydrogen-bond acceptors (Lipinski definition) is 1. The molecule has 1 atom stereocenters. The molecule has 1 aromatic carbocycles. The molecular formula is C13H16F3N. The Morgan fingerprint density at radius 2 is 1.88 bits per heavy atom. The molecule has 1 aliphatic rings. The maximum atomic E-state index is 12.4. The first-order valence-corrected chi connectivity index (χ1v) is 5.80. The Balaban J connectivity index is 2.08. The Bertz CT molecular complexity index is 375. The lowest BCUT2D eigenvalue weighted by Crippen LogP contribution is -2.38. The maximum absolute atomic E-state index is 12.4. The second-order valence-electron chi connectivity index (χ2n) is 4.96. The lowest BCUT2D eigenvalue weighted by atomic mass is 9.91. The van der Waals surface area contributed by atoms with Crippen molar-refractivity contribution in [1.82, 2.24) is 5.32 Å². The van der Waals surface area contributed by atoms with Crippen LogP contribution in [0.25, 0.3) is 0 Å². The molecule has 0 bridgehead atoms. The summed E-state index contributed by atoms with van der Waals surface area (Å²) in [6, 6.07) is 5.48. The third-order valence-corrected chi connectivity index (χ3v) is 3.33. The molecule has 0 aromatic heterocycles. The average molecular weight is 243 g/mol. The summed E-state index contributed by atoms with van der Waals surface area (Å²) >= 11 is 0. The van der Waals surface area contributed by atoms with Gasteiger partial charge in [-0.15, -0.1) is 0 Å². The van der Waals surface area contributed by atoms with E-state index in [2.05, 4.69) is 12.2 Å². The summed E-state index contributed by atoms with van der Waals surface area (Å²) in [7, 11) is 0. The molecule has 17 heavy (non-hydrogen) atoms. The molecule has 1 unspecified atom stereocenters. The molecule has 1 heterocycles. The Kier molecular flexibility index (Phi) is 3.17. The molecule has 0 saturated carbocycles. The van der Waals surface area contributed by atoms with Crippen molar-refractivity contribution in [3.63, 3.8) is 0 Å². The summed E-state index contributed by atoms with van der Waals surface area (Å²) in [4.78, 5) is 0. The molecule has 1 nitrogen and oxygen atoms in total. The van der Waals surface area contributed by atoms with Crippen LogP contribution >= 0.6 is 0 Å². The minimum absolute atomic E-state index is 0.0414. The van der Waals surface area contributed by atoms with Gasteiger partial charge in [-0.1, -0.05) is 12.1 Å². The van der Waals surface area contributed by atoms with E-state index in [1.54, 1.807) is 12.1 Å². The fraction of sp³-hybridized carbons (Fsp3) is 0.538. The molecule has 1 aliphatic heterocycles. The Morgan fingerprint density at radius 3 is 2.35 bits per heavy atom. The minimum atomic E-state index is -4.24. The number of nitrogens with one attached hydrogen (secondary N) is 1. The second kappa shape index (κ2) is 4.33. The molecule has 1 saturated heterocycles. The molecule has 2 rings (SSSR count). The Hall–Kier alpha value is -1.03. The monoisotopic (exact) mass is 243 g/mol. The molecule has 0 amide bonds. The third kappa shape index (κ3) is 3.00. The van der Waals surface area contributed by atoms with E-state index in [0.29, 0.717) is 0 Å². The van der Waals surface area contributed by atoms with Crippen molar-refractivity contribution in [2.24, 2.45) is 0 Å². The van der Waals surface area contributed by atoms with Gasteiger partial charge in [0.1, 0.15) is 0 Å². The van der Waals surface area contributed by atoms with Gasteiger partial charge in [0, 0.05) is 5.54 Å². The van der Waals surface area contributed by atoms with E-state index in [-0.39, 0.29) is 5.54 Å². The van der Waals surface area contributed by atoms with Gasteiger partial charge >= 0.3 is 6.18 Å². The summed E-state index contributed by atoms with van der Waals surface area (Å²) in [5.74, 6) is 0. The Morgan fingerprint density at radius 1 is 1.24 bits per heavy atom. The standard InChI is InChI=1S/C13H16F3N/c1-12(7-2-8-17-12)9-10-3-5-11(6-4-10)13(14,15)16/h3-6,17H,2,7-9H2,1H3. The van der Waals surface area contributed by atoms with E-state index in [4.69, 9.17) is 0 Å². The predicted molar refractivity (Wildman–Crippen MR) is 60.8 cm³/mol. The highest BCUT2D eigenvalue weighted by Gasteiger charge is 2.31. The van der Waals surface area contributed by atoms with Crippen LogP contribution in [0.5, 0.6) is 0 Å². The first-order valence-electron chi connectivity index (χ1n) is 5.80. The smallest absolute Gasteiger partial charge is 0.311 e. The zero-order valence-corrected chi connectivity index (χ0v) is 9.77. The van der Waals surface area contributed by atoms with E-state index in [9.17, 15) is 13.2 Å². The highest BCUT2D eigenvalue weighted by Crippen LogP contribution is 2.30. The van der Waals surface area contributed by atoms with Crippen LogP contribution < -0.4 is 5.32 Å². The van der Waals surface area contributed by atoms with Crippen molar-refractivity contribution in [1.29, 1.82) is 0 Å².